The first kappa shape index (κ1) is 20.2. The summed E-state index contributed by atoms with van der Waals surface area (Å²) < 4.78 is 5.70. The Balaban J connectivity index is 1.32. The minimum Gasteiger partial charge on any atom is -0.483 e. The van der Waals surface area contributed by atoms with Crippen LogP contribution in [0.3, 0.4) is 0 Å². The second-order valence-corrected chi connectivity index (χ2v) is 7.06. The number of carbonyl (C=O) groups excluding carboxylic acids is 2. The van der Waals surface area contributed by atoms with Gasteiger partial charge in [-0.05, 0) is 28.0 Å². The van der Waals surface area contributed by atoms with Crippen LogP contribution in [0.5, 0.6) is 5.75 Å². The highest BCUT2D eigenvalue weighted by Gasteiger charge is 2.10. The number of benzene rings is 4. The third kappa shape index (κ3) is 5.08. The zero-order chi connectivity index (χ0) is 21.5. The molecular formula is C26H22N2O3. The molecule has 0 aromatic heterocycles. The largest absolute Gasteiger partial charge is 0.483 e. The summed E-state index contributed by atoms with van der Waals surface area (Å²) in [6.45, 7) is -0.210. The summed E-state index contributed by atoms with van der Waals surface area (Å²) in [6, 6.07) is 31.0. The van der Waals surface area contributed by atoms with E-state index in [2.05, 4.69) is 10.9 Å². The zero-order valence-corrected chi connectivity index (χ0v) is 16.9. The van der Waals surface area contributed by atoms with Crippen LogP contribution in [0.1, 0.15) is 5.56 Å². The normalized spacial score (nSPS) is 10.5. The standard InChI is InChI=1S/C26H22N2O3/c29-25(17-21-13-8-12-19-11-4-5-14-22(19)21)27-28-26(30)18-31-24-16-7-6-15-23(24)20-9-2-1-3-10-20/h1-16H,17-18H2,(H,27,29)(H,28,30). The first-order valence-corrected chi connectivity index (χ1v) is 10.0. The van der Waals surface area contributed by atoms with Gasteiger partial charge in [-0.15, -0.1) is 0 Å². The van der Waals surface area contributed by atoms with Gasteiger partial charge in [-0.3, -0.25) is 20.4 Å². The van der Waals surface area contributed by atoms with Crippen molar-refractivity contribution in [1.82, 2.24) is 10.9 Å². The Morgan fingerprint density at radius 1 is 0.677 bits per heavy atom. The minimum atomic E-state index is -0.436. The Hall–Kier alpha value is -4.12. The van der Waals surface area contributed by atoms with Crippen LogP contribution < -0.4 is 15.6 Å². The van der Waals surface area contributed by atoms with Gasteiger partial charge in [0.2, 0.25) is 5.91 Å². The molecule has 2 N–H and O–H groups in total. The van der Waals surface area contributed by atoms with Gasteiger partial charge in [-0.2, -0.15) is 0 Å². The van der Waals surface area contributed by atoms with Crippen molar-refractivity contribution in [2.45, 2.75) is 6.42 Å². The maximum Gasteiger partial charge on any atom is 0.276 e. The molecule has 154 valence electrons. The molecule has 0 bridgehead atoms. The lowest BCUT2D eigenvalue weighted by Crippen LogP contribution is -2.44. The highest BCUT2D eigenvalue weighted by Crippen LogP contribution is 2.29. The van der Waals surface area contributed by atoms with Crippen LogP contribution in [0.15, 0.2) is 97.1 Å². The van der Waals surface area contributed by atoms with E-state index in [1.165, 1.54) is 0 Å². The first-order valence-electron chi connectivity index (χ1n) is 10.0. The first-order chi connectivity index (χ1) is 15.2. The topological polar surface area (TPSA) is 67.4 Å². The van der Waals surface area contributed by atoms with E-state index in [-0.39, 0.29) is 18.9 Å². The van der Waals surface area contributed by atoms with Gasteiger partial charge in [0.1, 0.15) is 5.75 Å². The van der Waals surface area contributed by atoms with E-state index in [4.69, 9.17) is 4.74 Å². The summed E-state index contributed by atoms with van der Waals surface area (Å²) in [5, 5.41) is 2.09. The second kappa shape index (κ2) is 9.59. The lowest BCUT2D eigenvalue weighted by Gasteiger charge is -2.12. The third-order valence-corrected chi connectivity index (χ3v) is 4.90. The van der Waals surface area contributed by atoms with E-state index in [1.54, 1.807) is 0 Å². The summed E-state index contributed by atoms with van der Waals surface area (Å²) in [7, 11) is 0. The van der Waals surface area contributed by atoms with Crippen molar-refractivity contribution >= 4 is 22.6 Å². The number of rotatable bonds is 6. The number of nitrogens with one attached hydrogen (secondary N) is 2. The smallest absolute Gasteiger partial charge is 0.276 e. The van der Waals surface area contributed by atoms with Crippen molar-refractivity contribution in [3.8, 4) is 16.9 Å². The molecule has 0 fully saturated rings. The summed E-state index contributed by atoms with van der Waals surface area (Å²) in [6.07, 6.45) is 0.166. The molecule has 4 aromatic carbocycles. The summed E-state index contributed by atoms with van der Waals surface area (Å²) in [4.78, 5) is 24.5. The summed E-state index contributed by atoms with van der Waals surface area (Å²) in [5.74, 6) is -0.130. The van der Waals surface area contributed by atoms with E-state index >= 15 is 0 Å². The average Bonchev–Trinajstić information content (AvgIpc) is 2.82. The summed E-state index contributed by atoms with van der Waals surface area (Å²) >= 11 is 0. The maximum absolute atomic E-state index is 12.3. The minimum absolute atomic E-state index is 0.166. The van der Waals surface area contributed by atoms with Crippen molar-refractivity contribution in [3.63, 3.8) is 0 Å². The fourth-order valence-electron chi connectivity index (χ4n) is 3.43. The van der Waals surface area contributed by atoms with E-state index < -0.39 is 5.91 Å². The molecule has 0 heterocycles. The van der Waals surface area contributed by atoms with E-state index in [0.717, 1.165) is 27.5 Å². The Bertz CT molecular complexity index is 1200. The molecule has 2 amide bonds. The SMILES string of the molecule is O=C(COc1ccccc1-c1ccccc1)NNC(=O)Cc1cccc2ccccc12. The lowest BCUT2D eigenvalue weighted by atomic mass is 10.0. The van der Waals surface area contributed by atoms with E-state index in [0.29, 0.717) is 5.75 Å². The van der Waals surface area contributed by atoms with Crippen molar-refractivity contribution in [2.24, 2.45) is 0 Å². The van der Waals surface area contributed by atoms with Gasteiger partial charge < -0.3 is 4.74 Å². The monoisotopic (exact) mass is 410 g/mol. The Morgan fingerprint density at radius 3 is 2.23 bits per heavy atom. The number of hydrazine groups is 1. The van der Waals surface area contributed by atoms with Gasteiger partial charge in [0.25, 0.3) is 5.91 Å². The number of hydrogen-bond donors (Lipinski definition) is 2. The summed E-state index contributed by atoms with van der Waals surface area (Å²) in [5.41, 5.74) is 7.68. The van der Waals surface area contributed by atoms with E-state index in [1.807, 2.05) is 97.1 Å². The maximum atomic E-state index is 12.3. The Kier molecular flexibility index (Phi) is 6.24. The predicted octanol–water partition coefficient (Wildman–Crippen LogP) is 4.28. The molecule has 0 saturated carbocycles. The van der Waals surface area contributed by atoms with Gasteiger partial charge >= 0.3 is 0 Å². The molecule has 31 heavy (non-hydrogen) atoms. The molecular weight excluding hydrogens is 388 g/mol. The van der Waals surface area contributed by atoms with Gasteiger partial charge in [0.05, 0.1) is 6.42 Å². The average molecular weight is 410 g/mol. The van der Waals surface area contributed by atoms with Crippen LogP contribution >= 0.6 is 0 Å². The van der Waals surface area contributed by atoms with Crippen molar-refractivity contribution in [2.75, 3.05) is 6.61 Å². The highest BCUT2D eigenvalue weighted by molar-refractivity contribution is 5.91. The fraction of sp³-hybridized carbons (Fsp3) is 0.0769. The molecule has 5 nitrogen and oxygen atoms in total. The molecule has 0 radical (unpaired) electrons. The van der Waals surface area contributed by atoms with Crippen LogP contribution in [0, 0.1) is 0 Å². The van der Waals surface area contributed by atoms with E-state index in [9.17, 15) is 9.59 Å². The number of hydrogen-bond acceptors (Lipinski definition) is 3. The number of ether oxygens (including phenoxy) is 1. The quantitative estimate of drug-likeness (QED) is 0.467. The molecule has 0 unspecified atom stereocenters. The number of para-hydroxylation sites is 1. The van der Waals surface area contributed by atoms with Crippen LogP contribution in [-0.4, -0.2) is 18.4 Å². The zero-order valence-electron chi connectivity index (χ0n) is 16.9. The molecule has 0 saturated heterocycles. The number of carbonyl (C=O) groups is 2. The molecule has 0 atom stereocenters. The van der Waals surface area contributed by atoms with Gasteiger partial charge in [0.15, 0.2) is 6.61 Å². The molecule has 0 aliphatic heterocycles. The van der Waals surface area contributed by atoms with Gasteiger partial charge in [0, 0.05) is 5.56 Å². The Labute approximate surface area is 180 Å². The molecule has 4 rings (SSSR count). The van der Waals surface area contributed by atoms with Gasteiger partial charge in [-0.1, -0.05) is 91.0 Å². The van der Waals surface area contributed by atoms with Crippen LogP contribution in [0.4, 0.5) is 0 Å². The fourth-order valence-corrected chi connectivity index (χ4v) is 3.43. The van der Waals surface area contributed by atoms with Crippen molar-refractivity contribution in [1.29, 1.82) is 0 Å². The molecule has 0 aliphatic carbocycles. The molecule has 0 aliphatic rings. The molecule has 5 heteroatoms. The number of amides is 2. The van der Waals surface area contributed by atoms with Crippen LogP contribution in [-0.2, 0) is 16.0 Å². The third-order valence-electron chi connectivity index (χ3n) is 4.90. The lowest BCUT2D eigenvalue weighted by molar-refractivity contribution is -0.129. The number of fused-ring (bicyclic) bond motifs is 1. The van der Waals surface area contributed by atoms with Crippen molar-refractivity contribution < 1.29 is 14.3 Å². The predicted molar refractivity (Wildman–Crippen MR) is 121 cm³/mol. The highest BCUT2D eigenvalue weighted by atomic mass is 16.5. The Morgan fingerprint density at radius 2 is 1.35 bits per heavy atom. The van der Waals surface area contributed by atoms with Gasteiger partial charge in [-0.25, -0.2) is 0 Å². The molecule has 0 spiro atoms. The second-order valence-electron chi connectivity index (χ2n) is 7.06. The van der Waals surface area contributed by atoms with Crippen molar-refractivity contribution in [3.05, 3.63) is 103 Å². The molecule has 4 aromatic rings. The van der Waals surface area contributed by atoms with Crippen LogP contribution in [0.2, 0.25) is 0 Å². The van der Waals surface area contributed by atoms with Crippen LogP contribution in [0.25, 0.3) is 21.9 Å².